The first-order valence-corrected chi connectivity index (χ1v) is 8.20. The molecule has 0 amide bonds. The average Bonchev–Trinajstić information content (AvgIpc) is 2.89. The van der Waals surface area contributed by atoms with Crippen LogP contribution in [-0.4, -0.2) is 24.9 Å². The maximum Gasteiger partial charge on any atom is 0.257 e. The molecule has 106 valence electrons. The molecule has 5 nitrogen and oxygen atoms in total. The largest absolute Gasteiger partial charge is 0.332 e. The number of benzene rings is 1. The summed E-state index contributed by atoms with van der Waals surface area (Å²) in [5, 5.41) is 0.141. The van der Waals surface area contributed by atoms with Gasteiger partial charge in [0.25, 0.3) is 10.0 Å². The average molecular weight is 291 g/mol. The van der Waals surface area contributed by atoms with Crippen LogP contribution in [0.15, 0.2) is 35.5 Å². The van der Waals surface area contributed by atoms with Crippen LogP contribution in [-0.2, 0) is 22.9 Å². The Hall–Kier alpha value is -1.66. The van der Waals surface area contributed by atoms with Gasteiger partial charge in [0.1, 0.15) is 5.82 Å². The van der Waals surface area contributed by atoms with Gasteiger partial charge in [0.15, 0.2) is 5.03 Å². The van der Waals surface area contributed by atoms with Gasteiger partial charge in [-0.15, -0.1) is 0 Å². The highest BCUT2D eigenvalue weighted by atomic mass is 32.2. The van der Waals surface area contributed by atoms with Crippen molar-refractivity contribution in [1.82, 2.24) is 14.7 Å². The molecule has 1 aliphatic carbocycles. The summed E-state index contributed by atoms with van der Waals surface area (Å²) in [6.07, 6.45) is 2.99. The Labute approximate surface area is 118 Å². The summed E-state index contributed by atoms with van der Waals surface area (Å²) in [6.45, 7) is 2.35. The summed E-state index contributed by atoms with van der Waals surface area (Å²) in [5.41, 5.74) is 2.56. The predicted molar refractivity (Wildman–Crippen MR) is 76.0 cm³/mol. The molecule has 1 aromatic heterocycles. The van der Waals surface area contributed by atoms with Gasteiger partial charge in [-0.1, -0.05) is 31.2 Å². The molecule has 6 heteroatoms. The first-order chi connectivity index (χ1) is 9.60. The summed E-state index contributed by atoms with van der Waals surface area (Å²) in [5.74, 6) is 0.953. The Morgan fingerprint density at radius 3 is 2.90 bits per heavy atom. The van der Waals surface area contributed by atoms with Crippen molar-refractivity contribution < 1.29 is 8.42 Å². The molecule has 1 atom stereocenters. The van der Waals surface area contributed by atoms with Crippen molar-refractivity contribution in [2.24, 2.45) is 0 Å². The fraction of sp³-hybridized carbons (Fsp3) is 0.357. The highest BCUT2D eigenvalue weighted by molar-refractivity contribution is 7.89. The van der Waals surface area contributed by atoms with Crippen molar-refractivity contribution in [3.05, 3.63) is 47.4 Å². The maximum absolute atomic E-state index is 12.1. The van der Waals surface area contributed by atoms with E-state index in [9.17, 15) is 8.42 Å². The van der Waals surface area contributed by atoms with Crippen LogP contribution in [0, 0.1) is 0 Å². The third-order valence-corrected chi connectivity index (χ3v) is 5.04. The molecule has 3 rings (SSSR count). The van der Waals surface area contributed by atoms with Crippen LogP contribution in [0.4, 0.5) is 0 Å². The SMILES string of the molecule is CCc1ncc(S(=O)(=O)NCC2Cc3ccccc32)[nH]1. The van der Waals surface area contributed by atoms with Crippen LogP contribution in [0.25, 0.3) is 0 Å². The Kier molecular flexibility index (Phi) is 3.35. The van der Waals surface area contributed by atoms with E-state index in [-0.39, 0.29) is 10.9 Å². The molecule has 0 saturated heterocycles. The fourth-order valence-electron chi connectivity index (χ4n) is 2.49. The molecule has 1 aliphatic rings. The summed E-state index contributed by atoms with van der Waals surface area (Å²) < 4.78 is 26.9. The zero-order chi connectivity index (χ0) is 14.2. The molecule has 20 heavy (non-hydrogen) atoms. The van der Waals surface area contributed by atoms with E-state index < -0.39 is 10.0 Å². The number of aryl methyl sites for hydroxylation is 1. The number of nitrogens with one attached hydrogen (secondary N) is 2. The Morgan fingerprint density at radius 1 is 1.40 bits per heavy atom. The summed E-state index contributed by atoms with van der Waals surface area (Å²) in [7, 11) is -3.49. The monoisotopic (exact) mass is 291 g/mol. The quantitative estimate of drug-likeness (QED) is 0.878. The molecule has 0 fully saturated rings. The number of rotatable bonds is 5. The minimum absolute atomic E-state index is 0.141. The maximum atomic E-state index is 12.1. The van der Waals surface area contributed by atoms with E-state index in [1.165, 1.54) is 17.3 Å². The number of sulfonamides is 1. The second-order valence-electron chi connectivity index (χ2n) is 5.00. The van der Waals surface area contributed by atoms with Crippen LogP contribution in [0.3, 0.4) is 0 Å². The highest BCUT2D eigenvalue weighted by Gasteiger charge is 2.27. The molecule has 1 unspecified atom stereocenters. The predicted octanol–water partition coefficient (Wildman–Crippen LogP) is 1.59. The Morgan fingerprint density at radius 2 is 2.20 bits per heavy atom. The molecule has 0 spiro atoms. The van der Waals surface area contributed by atoms with Gasteiger partial charge in [-0.25, -0.2) is 18.1 Å². The van der Waals surface area contributed by atoms with Gasteiger partial charge in [-0.3, -0.25) is 0 Å². The first kappa shape index (κ1) is 13.3. The lowest BCUT2D eigenvalue weighted by Gasteiger charge is -2.29. The summed E-state index contributed by atoms with van der Waals surface area (Å²) >= 11 is 0. The van der Waals surface area contributed by atoms with Gasteiger partial charge >= 0.3 is 0 Å². The minimum atomic E-state index is -3.49. The van der Waals surface area contributed by atoms with Crippen molar-refractivity contribution in [1.29, 1.82) is 0 Å². The second-order valence-corrected chi connectivity index (χ2v) is 6.73. The van der Waals surface area contributed by atoms with E-state index in [1.54, 1.807) is 0 Å². The number of hydrogen-bond donors (Lipinski definition) is 2. The zero-order valence-electron chi connectivity index (χ0n) is 11.3. The summed E-state index contributed by atoms with van der Waals surface area (Å²) in [6, 6.07) is 8.14. The number of aromatic nitrogens is 2. The lowest BCUT2D eigenvalue weighted by Crippen LogP contribution is -2.33. The van der Waals surface area contributed by atoms with E-state index in [4.69, 9.17) is 0 Å². The molecule has 0 aliphatic heterocycles. The van der Waals surface area contributed by atoms with Gasteiger partial charge < -0.3 is 4.98 Å². The summed E-state index contributed by atoms with van der Waals surface area (Å²) in [4.78, 5) is 6.84. The standard InChI is InChI=1S/C14H17N3O2S/c1-2-13-15-9-14(17-13)20(18,19)16-8-11-7-10-5-3-4-6-12(10)11/h3-6,9,11,16H,2,7-8H2,1H3,(H,15,17). The number of nitrogens with zero attached hydrogens (tertiary/aromatic N) is 1. The van der Waals surface area contributed by atoms with E-state index in [1.807, 2.05) is 19.1 Å². The fourth-order valence-corrected chi connectivity index (χ4v) is 3.51. The van der Waals surface area contributed by atoms with E-state index in [0.717, 1.165) is 6.42 Å². The van der Waals surface area contributed by atoms with Crippen LogP contribution in [0.2, 0.25) is 0 Å². The third-order valence-electron chi connectivity index (χ3n) is 3.71. The molecule has 2 N–H and O–H groups in total. The smallest absolute Gasteiger partial charge is 0.257 e. The normalized spacial score (nSPS) is 17.6. The van der Waals surface area contributed by atoms with Crippen molar-refractivity contribution in [2.45, 2.75) is 30.7 Å². The third kappa shape index (κ3) is 2.36. The Balaban J connectivity index is 1.67. The van der Waals surface area contributed by atoms with Crippen molar-refractivity contribution in [3.8, 4) is 0 Å². The van der Waals surface area contributed by atoms with Gasteiger partial charge in [0, 0.05) is 18.9 Å². The van der Waals surface area contributed by atoms with Crippen LogP contribution in [0.5, 0.6) is 0 Å². The van der Waals surface area contributed by atoms with Crippen molar-refractivity contribution in [2.75, 3.05) is 6.54 Å². The lowest BCUT2D eigenvalue weighted by molar-refractivity contribution is 0.549. The first-order valence-electron chi connectivity index (χ1n) is 6.71. The van der Waals surface area contributed by atoms with Gasteiger partial charge in [-0.2, -0.15) is 0 Å². The van der Waals surface area contributed by atoms with E-state index in [0.29, 0.717) is 18.8 Å². The van der Waals surface area contributed by atoms with Crippen LogP contribution >= 0.6 is 0 Å². The number of hydrogen-bond acceptors (Lipinski definition) is 3. The number of aromatic amines is 1. The van der Waals surface area contributed by atoms with E-state index >= 15 is 0 Å². The lowest BCUT2D eigenvalue weighted by atomic mass is 9.78. The number of fused-ring (bicyclic) bond motifs is 1. The molecule has 2 aromatic rings. The molecule has 0 saturated carbocycles. The van der Waals surface area contributed by atoms with E-state index in [2.05, 4.69) is 26.8 Å². The van der Waals surface area contributed by atoms with Gasteiger partial charge in [0.05, 0.1) is 6.20 Å². The molecule has 1 aromatic carbocycles. The van der Waals surface area contributed by atoms with Crippen molar-refractivity contribution >= 4 is 10.0 Å². The molecular weight excluding hydrogens is 274 g/mol. The topological polar surface area (TPSA) is 74.8 Å². The molecule has 0 radical (unpaired) electrons. The highest BCUT2D eigenvalue weighted by Crippen LogP contribution is 2.34. The second kappa shape index (κ2) is 5.03. The zero-order valence-corrected chi connectivity index (χ0v) is 12.1. The molecular formula is C14H17N3O2S. The molecule has 0 bridgehead atoms. The van der Waals surface area contributed by atoms with Gasteiger partial charge in [-0.05, 0) is 17.5 Å². The van der Waals surface area contributed by atoms with Crippen LogP contribution in [0.1, 0.15) is 29.8 Å². The van der Waals surface area contributed by atoms with Crippen LogP contribution < -0.4 is 4.72 Å². The van der Waals surface area contributed by atoms with Gasteiger partial charge in [0.2, 0.25) is 0 Å². The molecule has 1 heterocycles. The minimum Gasteiger partial charge on any atom is -0.332 e. The number of H-pyrrole nitrogens is 1. The Bertz CT molecular complexity index is 722. The van der Waals surface area contributed by atoms with Crippen molar-refractivity contribution in [3.63, 3.8) is 0 Å². The number of imidazole rings is 1.